The lowest BCUT2D eigenvalue weighted by atomic mass is 10.1. The summed E-state index contributed by atoms with van der Waals surface area (Å²) in [7, 11) is 0. The molecular formula is C17H16Cl2N2O3S. The summed E-state index contributed by atoms with van der Waals surface area (Å²) in [5.74, 6) is -0.635. The molecule has 2 heterocycles. The topological polar surface area (TPSA) is 57.7 Å². The molecule has 2 fully saturated rings. The largest absolute Gasteiger partial charge is 0.341 e. The molecule has 0 spiro atoms. The van der Waals surface area contributed by atoms with Gasteiger partial charge in [-0.15, -0.1) is 0 Å². The second-order valence-electron chi connectivity index (χ2n) is 5.88. The normalized spacial score (nSPS) is 19.8. The average molecular weight is 399 g/mol. The van der Waals surface area contributed by atoms with Crippen LogP contribution in [-0.4, -0.2) is 46.5 Å². The van der Waals surface area contributed by atoms with Crippen molar-refractivity contribution in [2.75, 3.05) is 19.6 Å². The van der Waals surface area contributed by atoms with Gasteiger partial charge in [0.25, 0.3) is 11.1 Å². The van der Waals surface area contributed by atoms with Crippen molar-refractivity contribution in [1.82, 2.24) is 9.80 Å². The smallest absolute Gasteiger partial charge is 0.294 e. The maximum Gasteiger partial charge on any atom is 0.294 e. The predicted molar refractivity (Wildman–Crippen MR) is 99.6 cm³/mol. The van der Waals surface area contributed by atoms with E-state index in [-0.39, 0.29) is 17.4 Å². The molecule has 132 valence electrons. The monoisotopic (exact) mass is 398 g/mol. The van der Waals surface area contributed by atoms with E-state index in [1.165, 1.54) is 0 Å². The van der Waals surface area contributed by atoms with Crippen LogP contribution in [0.5, 0.6) is 0 Å². The highest BCUT2D eigenvalue weighted by Gasteiger charge is 2.37. The number of halogens is 2. The molecule has 0 saturated carbocycles. The highest BCUT2D eigenvalue weighted by atomic mass is 35.5. The van der Waals surface area contributed by atoms with Gasteiger partial charge in [0.2, 0.25) is 5.91 Å². The van der Waals surface area contributed by atoms with Gasteiger partial charge in [-0.25, -0.2) is 0 Å². The van der Waals surface area contributed by atoms with Crippen LogP contribution in [0.2, 0.25) is 10.0 Å². The van der Waals surface area contributed by atoms with Crippen LogP contribution in [0.4, 0.5) is 4.79 Å². The fourth-order valence-corrected chi connectivity index (χ4v) is 3.91. The van der Waals surface area contributed by atoms with Crippen LogP contribution in [0.3, 0.4) is 0 Å². The number of hydrogen-bond donors (Lipinski definition) is 0. The lowest BCUT2D eigenvalue weighted by molar-refractivity contribution is -0.136. The predicted octanol–water partition coefficient (Wildman–Crippen LogP) is 4.04. The molecule has 0 atom stereocenters. The Hall–Kier alpha value is -1.50. The van der Waals surface area contributed by atoms with Gasteiger partial charge in [-0.2, -0.15) is 0 Å². The Bertz CT molecular complexity index is 760. The Labute approximate surface area is 159 Å². The van der Waals surface area contributed by atoms with Crippen molar-refractivity contribution in [3.8, 4) is 0 Å². The van der Waals surface area contributed by atoms with Gasteiger partial charge in [0, 0.05) is 13.1 Å². The third kappa shape index (κ3) is 4.19. The number of hydrogen-bond acceptors (Lipinski definition) is 4. The van der Waals surface area contributed by atoms with E-state index in [0.717, 1.165) is 35.9 Å². The number of carbonyl (C=O) groups excluding carboxylic acids is 3. The summed E-state index contributed by atoms with van der Waals surface area (Å²) in [6, 6.07) is 4.96. The van der Waals surface area contributed by atoms with E-state index in [1.807, 2.05) is 0 Å². The summed E-state index contributed by atoms with van der Waals surface area (Å²) in [6.07, 6.45) is 4.62. The zero-order valence-corrected chi connectivity index (χ0v) is 15.7. The van der Waals surface area contributed by atoms with Gasteiger partial charge in [-0.1, -0.05) is 29.3 Å². The number of piperidine rings is 1. The van der Waals surface area contributed by atoms with E-state index in [4.69, 9.17) is 23.2 Å². The minimum atomic E-state index is -0.452. The number of nitrogens with zero attached hydrogens (tertiary/aromatic N) is 2. The quantitative estimate of drug-likeness (QED) is 0.720. The lowest BCUT2D eigenvalue weighted by Crippen LogP contribution is -2.44. The molecule has 0 N–H and O–H groups in total. The maximum absolute atomic E-state index is 12.5. The highest BCUT2D eigenvalue weighted by molar-refractivity contribution is 8.18. The number of amides is 3. The molecule has 25 heavy (non-hydrogen) atoms. The first-order chi connectivity index (χ1) is 12.0. The Morgan fingerprint density at radius 1 is 1.12 bits per heavy atom. The molecule has 1 aromatic rings. The number of likely N-dealkylation sites (tertiary alicyclic amines) is 1. The number of rotatable bonds is 3. The summed E-state index contributed by atoms with van der Waals surface area (Å²) >= 11 is 12.7. The van der Waals surface area contributed by atoms with Crippen LogP contribution >= 0.6 is 35.0 Å². The summed E-state index contributed by atoms with van der Waals surface area (Å²) < 4.78 is 0. The number of thioether (sulfide) groups is 1. The number of imide groups is 1. The second-order valence-corrected chi connectivity index (χ2v) is 7.69. The third-order valence-corrected chi connectivity index (χ3v) is 5.76. The van der Waals surface area contributed by atoms with Crippen molar-refractivity contribution in [3.05, 3.63) is 38.7 Å². The molecule has 5 nitrogen and oxygen atoms in total. The first-order valence-electron chi connectivity index (χ1n) is 7.94. The molecule has 2 saturated heterocycles. The van der Waals surface area contributed by atoms with Gasteiger partial charge in [0.15, 0.2) is 0 Å². The van der Waals surface area contributed by atoms with Gasteiger partial charge >= 0.3 is 0 Å². The van der Waals surface area contributed by atoms with Crippen LogP contribution in [0.1, 0.15) is 24.8 Å². The fourth-order valence-electron chi connectivity index (χ4n) is 2.77. The van der Waals surface area contributed by atoms with E-state index in [1.54, 1.807) is 29.2 Å². The summed E-state index contributed by atoms with van der Waals surface area (Å²) in [4.78, 5) is 39.9. The van der Waals surface area contributed by atoms with E-state index in [2.05, 4.69) is 0 Å². The van der Waals surface area contributed by atoms with Gasteiger partial charge in [-0.3, -0.25) is 19.3 Å². The molecule has 0 radical (unpaired) electrons. The van der Waals surface area contributed by atoms with Crippen LogP contribution in [0.25, 0.3) is 6.08 Å². The zero-order chi connectivity index (χ0) is 18.0. The van der Waals surface area contributed by atoms with Crippen LogP contribution < -0.4 is 0 Å². The molecule has 2 aliphatic heterocycles. The Kier molecular flexibility index (Phi) is 5.71. The van der Waals surface area contributed by atoms with E-state index in [9.17, 15) is 14.4 Å². The molecule has 2 aliphatic rings. The van der Waals surface area contributed by atoms with Crippen molar-refractivity contribution >= 4 is 58.1 Å². The first kappa shape index (κ1) is 18.3. The molecule has 3 amide bonds. The molecule has 0 bridgehead atoms. The van der Waals surface area contributed by atoms with Gasteiger partial charge in [0.05, 0.1) is 15.0 Å². The minimum Gasteiger partial charge on any atom is -0.341 e. The maximum atomic E-state index is 12.5. The third-order valence-electron chi connectivity index (χ3n) is 4.12. The molecule has 8 heteroatoms. The van der Waals surface area contributed by atoms with Crippen molar-refractivity contribution in [2.45, 2.75) is 19.3 Å². The average Bonchev–Trinajstić information content (AvgIpc) is 2.86. The van der Waals surface area contributed by atoms with Crippen LogP contribution in [0.15, 0.2) is 23.1 Å². The zero-order valence-electron chi connectivity index (χ0n) is 13.3. The van der Waals surface area contributed by atoms with E-state index < -0.39 is 11.1 Å². The van der Waals surface area contributed by atoms with Crippen molar-refractivity contribution in [3.63, 3.8) is 0 Å². The van der Waals surface area contributed by atoms with Gasteiger partial charge in [0.1, 0.15) is 6.54 Å². The van der Waals surface area contributed by atoms with Crippen LogP contribution in [0, 0.1) is 0 Å². The second kappa shape index (κ2) is 7.81. The number of benzene rings is 1. The lowest BCUT2D eigenvalue weighted by Gasteiger charge is -2.27. The van der Waals surface area contributed by atoms with Gasteiger partial charge in [-0.05, 0) is 54.8 Å². The van der Waals surface area contributed by atoms with E-state index in [0.29, 0.717) is 28.7 Å². The Balaban J connectivity index is 1.72. The minimum absolute atomic E-state index is 0.183. The highest BCUT2D eigenvalue weighted by Crippen LogP contribution is 2.33. The van der Waals surface area contributed by atoms with Crippen molar-refractivity contribution in [1.29, 1.82) is 0 Å². The molecule has 0 aromatic heterocycles. The molecular weight excluding hydrogens is 383 g/mol. The SMILES string of the molecule is O=C(CN1C(=O)SC(=Cc2ccc(Cl)c(Cl)c2)C1=O)N1CCCCC1. The number of carbonyl (C=O) groups is 3. The standard InChI is InChI=1S/C17H16Cl2N2O3S/c18-12-5-4-11(8-13(12)19)9-14-16(23)21(17(24)25-14)10-15(22)20-6-2-1-3-7-20/h4-5,8-9H,1-3,6-7,10H2. The summed E-state index contributed by atoms with van der Waals surface area (Å²) in [6.45, 7) is 1.17. The van der Waals surface area contributed by atoms with Crippen LogP contribution in [-0.2, 0) is 9.59 Å². The summed E-state index contributed by atoms with van der Waals surface area (Å²) in [5.41, 5.74) is 0.669. The molecule has 1 aromatic carbocycles. The van der Waals surface area contributed by atoms with Crippen molar-refractivity contribution < 1.29 is 14.4 Å². The summed E-state index contributed by atoms with van der Waals surface area (Å²) in [5, 5.41) is 0.357. The Morgan fingerprint density at radius 3 is 2.52 bits per heavy atom. The van der Waals surface area contributed by atoms with Gasteiger partial charge < -0.3 is 4.90 Å². The molecule has 0 unspecified atom stereocenters. The first-order valence-corrected chi connectivity index (χ1v) is 9.51. The van der Waals surface area contributed by atoms with Crippen molar-refractivity contribution in [2.24, 2.45) is 0 Å². The Morgan fingerprint density at radius 2 is 1.84 bits per heavy atom. The van der Waals surface area contributed by atoms with E-state index >= 15 is 0 Å². The molecule has 3 rings (SSSR count). The fraction of sp³-hybridized carbons (Fsp3) is 0.353. The molecule has 0 aliphatic carbocycles.